The van der Waals surface area contributed by atoms with Gasteiger partial charge in [-0.25, -0.2) is 0 Å². The van der Waals surface area contributed by atoms with E-state index in [1.165, 1.54) is 9.75 Å². The van der Waals surface area contributed by atoms with E-state index in [-0.39, 0.29) is 11.0 Å². The molecular formula is C11H15ClOS. The molecule has 1 nitrogen and oxygen atoms in total. The highest BCUT2D eigenvalue weighted by atomic mass is 35.5. The molecule has 78 valence electrons. The first-order valence-corrected chi connectivity index (χ1v) is 6.21. The monoisotopic (exact) mass is 230 g/mol. The summed E-state index contributed by atoms with van der Waals surface area (Å²) in [7, 11) is 0. The van der Waals surface area contributed by atoms with E-state index >= 15 is 0 Å². The van der Waals surface area contributed by atoms with E-state index in [4.69, 9.17) is 16.3 Å². The molecule has 14 heavy (non-hydrogen) atoms. The van der Waals surface area contributed by atoms with Gasteiger partial charge in [0.1, 0.15) is 0 Å². The van der Waals surface area contributed by atoms with Gasteiger partial charge in [-0.3, -0.25) is 0 Å². The van der Waals surface area contributed by atoms with Crippen molar-refractivity contribution >= 4 is 22.9 Å². The zero-order chi connectivity index (χ0) is 10.2. The highest BCUT2D eigenvalue weighted by molar-refractivity contribution is 7.12. The third-order valence-corrected chi connectivity index (χ3v) is 4.69. The summed E-state index contributed by atoms with van der Waals surface area (Å²) >= 11 is 8.22. The van der Waals surface area contributed by atoms with Crippen molar-refractivity contribution in [2.75, 3.05) is 6.61 Å². The minimum absolute atomic E-state index is 0.00343. The summed E-state index contributed by atoms with van der Waals surface area (Å²) in [4.78, 5) is 2.54. The second-order valence-corrected chi connectivity index (χ2v) is 5.83. The topological polar surface area (TPSA) is 9.23 Å². The Morgan fingerprint density at radius 2 is 2.36 bits per heavy atom. The number of ether oxygens (including phenoxy) is 1. The molecule has 1 fully saturated rings. The number of aryl methyl sites for hydroxylation is 1. The first-order chi connectivity index (χ1) is 6.62. The number of hydrogen-bond acceptors (Lipinski definition) is 2. The Hall–Kier alpha value is -0.0500. The largest absolute Gasteiger partial charge is 0.373 e. The number of rotatable bonds is 2. The number of hydrogen-bond donors (Lipinski definition) is 0. The molecule has 0 bridgehead atoms. The Morgan fingerprint density at radius 3 is 2.86 bits per heavy atom. The molecule has 0 amide bonds. The minimum atomic E-state index is -0.154. The van der Waals surface area contributed by atoms with Crippen molar-refractivity contribution in [3.05, 3.63) is 21.9 Å². The molecule has 2 heterocycles. The van der Waals surface area contributed by atoms with Gasteiger partial charge < -0.3 is 4.74 Å². The molecule has 1 aromatic rings. The zero-order valence-electron chi connectivity index (χ0n) is 8.55. The third-order valence-electron chi connectivity index (χ3n) is 2.80. The lowest BCUT2D eigenvalue weighted by Crippen LogP contribution is -2.28. The van der Waals surface area contributed by atoms with Crippen LogP contribution in [0.4, 0.5) is 0 Å². The zero-order valence-corrected chi connectivity index (χ0v) is 10.1. The maximum Gasteiger partial charge on any atom is 0.0965 e. The van der Waals surface area contributed by atoms with E-state index in [1.54, 1.807) is 11.3 Å². The molecular weight excluding hydrogens is 216 g/mol. The van der Waals surface area contributed by atoms with Crippen LogP contribution in [0.2, 0.25) is 0 Å². The van der Waals surface area contributed by atoms with E-state index < -0.39 is 0 Å². The van der Waals surface area contributed by atoms with Crippen molar-refractivity contribution in [3.8, 4) is 0 Å². The van der Waals surface area contributed by atoms with Gasteiger partial charge in [-0.15, -0.1) is 22.9 Å². The highest BCUT2D eigenvalue weighted by Crippen LogP contribution is 2.43. The van der Waals surface area contributed by atoms with E-state index in [1.807, 2.05) is 0 Å². The van der Waals surface area contributed by atoms with Gasteiger partial charge in [0, 0.05) is 16.4 Å². The maximum absolute atomic E-state index is 6.45. The molecule has 0 saturated carbocycles. The Morgan fingerprint density at radius 1 is 1.57 bits per heavy atom. The van der Waals surface area contributed by atoms with Gasteiger partial charge in [-0.2, -0.15) is 0 Å². The van der Waals surface area contributed by atoms with Crippen LogP contribution in [0.1, 0.15) is 34.9 Å². The van der Waals surface area contributed by atoms with Crippen LogP contribution < -0.4 is 0 Å². The summed E-state index contributed by atoms with van der Waals surface area (Å²) in [6, 6.07) is 4.23. The number of thiophene rings is 1. The second kappa shape index (κ2) is 3.84. The van der Waals surface area contributed by atoms with Crippen molar-refractivity contribution in [1.29, 1.82) is 0 Å². The Balaban J connectivity index is 2.18. The Kier molecular flexibility index (Phi) is 2.87. The van der Waals surface area contributed by atoms with Crippen LogP contribution in [0.5, 0.6) is 0 Å². The third kappa shape index (κ3) is 1.83. The number of halogens is 1. The standard InChI is InChI=1S/C11H15ClOS/c1-8-4-5-9(14-8)10(12)11(2)6-3-7-13-11/h4-5,10H,3,6-7H2,1-2H3. The van der Waals surface area contributed by atoms with Crippen molar-refractivity contribution in [3.63, 3.8) is 0 Å². The van der Waals surface area contributed by atoms with Crippen LogP contribution in [-0.2, 0) is 4.74 Å². The van der Waals surface area contributed by atoms with E-state index in [9.17, 15) is 0 Å². The van der Waals surface area contributed by atoms with Crippen LogP contribution in [0.25, 0.3) is 0 Å². The normalized spacial score (nSPS) is 29.4. The van der Waals surface area contributed by atoms with Crippen molar-refractivity contribution in [2.45, 2.75) is 37.7 Å². The molecule has 3 heteroatoms. The fraction of sp³-hybridized carbons (Fsp3) is 0.636. The van der Waals surface area contributed by atoms with Gasteiger partial charge >= 0.3 is 0 Å². The van der Waals surface area contributed by atoms with Gasteiger partial charge in [-0.1, -0.05) is 0 Å². The summed E-state index contributed by atoms with van der Waals surface area (Å²) in [6.07, 6.45) is 2.20. The molecule has 2 atom stereocenters. The summed E-state index contributed by atoms with van der Waals surface area (Å²) in [5, 5.41) is 0.00343. The smallest absolute Gasteiger partial charge is 0.0965 e. The lowest BCUT2D eigenvalue weighted by molar-refractivity contribution is 0.0171. The second-order valence-electron chi connectivity index (χ2n) is 4.08. The summed E-state index contributed by atoms with van der Waals surface area (Å²) < 4.78 is 5.74. The molecule has 1 saturated heterocycles. The lowest BCUT2D eigenvalue weighted by atomic mass is 9.97. The molecule has 0 N–H and O–H groups in total. The van der Waals surface area contributed by atoms with Crippen LogP contribution in [-0.4, -0.2) is 12.2 Å². The minimum Gasteiger partial charge on any atom is -0.373 e. The molecule has 2 rings (SSSR count). The van der Waals surface area contributed by atoms with Gasteiger partial charge in [0.25, 0.3) is 0 Å². The van der Waals surface area contributed by atoms with Crippen LogP contribution in [0.3, 0.4) is 0 Å². The Bertz CT molecular complexity index is 315. The molecule has 1 aromatic heterocycles. The lowest BCUT2D eigenvalue weighted by Gasteiger charge is -2.27. The van der Waals surface area contributed by atoms with E-state index in [2.05, 4.69) is 26.0 Å². The molecule has 2 unspecified atom stereocenters. The average molecular weight is 231 g/mol. The van der Waals surface area contributed by atoms with Crippen molar-refractivity contribution in [1.82, 2.24) is 0 Å². The molecule has 0 radical (unpaired) electrons. The van der Waals surface area contributed by atoms with Crippen LogP contribution in [0, 0.1) is 6.92 Å². The van der Waals surface area contributed by atoms with Gasteiger partial charge in [0.15, 0.2) is 0 Å². The first-order valence-electron chi connectivity index (χ1n) is 4.96. The SMILES string of the molecule is Cc1ccc(C(Cl)C2(C)CCCO2)s1. The van der Waals surface area contributed by atoms with E-state index in [0.717, 1.165) is 19.4 Å². The molecule has 0 spiro atoms. The predicted molar refractivity (Wildman–Crippen MR) is 61.2 cm³/mol. The van der Waals surface area contributed by atoms with Gasteiger partial charge in [0.05, 0.1) is 11.0 Å². The fourth-order valence-corrected chi connectivity index (χ4v) is 3.27. The first kappa shape index (κ1) is 10.5. The molecule has 0 aromatic carbocycles. The quantitative estimate of drug-likeness (QED) is 0.701. The molecule has 1 aliphatic heterocycles. The number of alkyl halides is 1. The Labute approximate surface area is 94.0 Å². The van der Waals surface area contributed by atoms with Gasteiger partial charge in [-0.05, 0) is 38.8 Å². The van der Waals surface area contributed by atoms with Crippen LogP contribution in [0.15, 0.2) is 12.1 Å². The molecule has 1 aliphatic rings. The molecule has 0 aliphatic carbocycles. The predicted octanol–water partition coefficient (Wildman–Crippen LogP) is 3.91. The fourth-order valence-electron chi connectivity index (χ4n) is 1.89. The van der Waals surface area contributed by atoms with Crippen LogP contribution >= 0.6 is 22.9 Å². The summed E-state index contributed by atoms with van der Waals surface area (Å²) in [5.41, 5.74) is -0.154. The highest BCUT2D eigenvalue weighted by Gasteiger charge is 2.38. The maximum atomic E-state index is 6.45. The summed E-state index contributed by atoms with van der Waals surface area (Å²) in [6.45, 7) is 5.08. The summed E-state index contributed by atoms with van der Waals surface area (Å²) in [5.74, 6) is 0. The average Bonchev–Trinajstić information content (AvgIpc) is 2.74. The van der Waals surface area contributed by atoms with Crippen molar-refractivity contribution in [2.24, 2.45) is 0 Å². The van der Waals surface area contributed by atoms with Crippen molar-refractivity contribution < 1.29 is 4.74 Å². The van der Waals surface area contributed by atoms with E-state index in [0.29, 0.717) is 0 Å². The van der Waals surface area contributed by atoms with Gasteiger partial charge in [0.2, 0.25) is 0 Å².